The lowest BCUT2D eigenvalue weighted by atomic mass is 9.60. The van der Waals surface area contributed by atoms with Crippen LogP contribution in [0.5, 0.6) is 0 Å². The van der Waals surface area contributed by atoms with Crippen LogP contribution >= 0.6 is 0 Å². The summed E-state index contributed by atoms with van der Waals surface area (Å²) in [6.45, 7) is 14.1. The Morgan fingerprint density at radius 3 is 1.54 bits per heavy atom. The van der Waals surface area contributed by atoms with E-state index in [1.54, 1.807) is 5.57 Å². The largest absolute Gasteiger partial charge is 0.0762 e. The van der Waals surface area contributed by atoms with Gasteiger partial charge in [0.1, 0.15) is 0 Å². The van der Waals surface area contributed by atoms with E-state index in [-0.39, 0.29) is 0 Å². The minimum Gasteiger partial charge on any atom is -0.0762 e. The Morgan fingerprint density at radius 2 is 1.31 bits per heavy atom. The molecule has 1 fully saturated rings. The lowest BCUT2D eigenvalue weighted by molar-refractivity contribution is 0.212. The zero-order valence-electron chi connectivity index (χ0n) is 10.1. The van der Waals surface area contributed by atoms with E-state index in [0.717, 1.165) is 0 Å². The normalized spacial score (nSPS) is 25.8. The van der Waals surface area contributed by atoms with Crippen molar-refractivity contribution in [3.8, 4) is 0 Å². The van der Waals surface area contributed by atoms with Crippen LogP contribution in [0.4, 0.5) is 0 Å². The molecule has 0 heteroatoms. The van der Waals surface area contributed by atoms with Gasteiger partial charge in [0.15, 0.2) is 0 Å². The Kier molecular flexibility index (Phi) is 2.62. The molecule has 0 atom stereocenters. The van der Waals surface area contributed by atoms with E-state index in [9.17, 15) is 0 Å². The van der Waals surface area contributed by atoms with Crippen molar-refractivity contribution in [2.45, 2.75) is 60.8 Å². The molecule has 13 heavy (non-hydrogen) atoms. The monoisotopic (exact) mass is 180 g/mol. The van der Waals surface area contributed by atoms with E-state index in [4.69, 9.17) is 0 Å². The van der Waals surface area contributed by atoms with Crippen molar-refractivity contribution in [3.63, 3.8) is 0 Å². The van der Waals surface area contributed by atoms with E-state index in [1.165, 1.54) is 24.8 Å². The number of hydrogen-bond donors (Lipinski definition) is 0. The molecule has 0 unspecified atom stereocenters. The fourth-order valence-electron chi connectivity index (χ4n) is 3.49. The van der Waals surface area contributed by atoms with Gasteiger partial charge >= 0.3 is 0 Å². The smallest absolute Gasteiger partial charge is 0.0137 e. The van der Waals surface area contributed by atoms with E-state index < -0.39 is 0 Å². The molecule has 0 saturated heterocycles. The molecule has 0 heterocycles. The molecule has 0 aromatic rings. The topological polar surface area (TPSA) is 0 Å². The highest BCUT2D eigenvalue weighted by atomic mass is 14.4. The van der Waals surface area contributed by atoms with Crippen molar-refractivity contribution in [1.82, 2.24) is 0 Å². The van der Waals surface area contributed by atoms with Gasteiger partial charge in [-0.05, 0) is 37.5 Å². The molecular weight excluding hydrogens is 156 g/mol. The minimum atomic E-state index is 0.431. The standard InChI is InChI=1S/C13H24/c1-10(2)11-12(3,4)8-7-9-13(11,5)6/h7-9H2,1-6H3. The van der Waals surface area contributed by atoms with Gasteiger partial charge < -0.3 is 0 Å². The fraction of sp³-hybridized carbons (Fsp3) is 0.846. The van der Waals surface area contributed by atoms with E-state index in [1.807, 2.05) is 0 Å². The van der Waals surface area contributed by atoms with Crippen LogP contribution in [0.2, 0.25) is 0 Å². The Hall–Kier alpha value is -0.260. The third-order valence-electron chi connectivity index (χ3n) is 3.46. The van der Waals surface area contributed by atoms with Crippen LogP contribution in [0, 0.1) is 10.8 Å². The highest BCUT2D eigenvalue weighted by molar-refractivity contribution is 5.26. The molecule has 0 aliphatic heterocycles. The van der Waals surface area contributed by atoms with Gasteiger partial charge in [-0.1, -0.05) is 45.3 Å². The van der Waals surface area contributed by atoms with Crippen molar-refractivity contribution in [1.29, 1.82) is 0 Å². The average Bonchev–Trinajstić information content (AvgIpc) is 1.79. The summed E-state index contributed by atoms with van der Waals surface area (Å²) in [5.74, 6) is 0. The first-order valence-corrected chi connectivity index (χ1v) is 5.46. The summed E-state index contributed by atoms with van der Waals surface area (Å²) < 4.78 is 0. The van der Waals surface area contributed by atoms with Crippen LogP contribution in [0.15, 0.2) is 11.1 Å². The van der Waals surface area contributed by atoms with E-state index >= 15 is 0 Å². The van der Waals surface area contributed by atoms with Gasteiger partial charge in [-0.15, -0.1) is 0 Å². The third-order valence-corrected chi connectivity index (χ3v) is 3.46. The summed E-state index contributed by atoms with van der Waals surface area (Å²) >= 11 is 0. The van der Waals surface area contributed by atoms with Crippen LogP contribution in [-0.2, 0) is 0 Å². The quantitative estimate of drug-likeness (QED) is 0.479. The van der Waals surface area contributed by atoms with Crippen molar-refractivity contribution < 1.29 is 0 Å². The molecule has 1 aliphatic carbocycles. The first kappa shape index (κ1) is 10.8. The van der Waals surface area contributed by atoms with Gasteiger partial charge in [0, 0.05) is 0 Å². The molecular formula is C13H24. The summed E-state index contributed by atoms with van der Waals surface area (Å²) in [4.78, 5) is 0. The molecule has 0 radical (unpaired) electrons. The molecule has 1 rings (SSSR count). The van der Waals surface area contributed by atoms with Crippen LogP contribution < -0.4 is 0 Å². The summed E-state index contributed by atoms with van der Waals surface area (Å²) in [6, 6.07) is 0. The molecule has 1 aliphatic rings. The Morgan fingerprint density at radius 1 is 0.923 bits per heavy atom. The van der Waals surface area contributed by atoms with Crippen LogP contribution in [0.3, 0.4) is 0 Å². The predicted octanol–water partition coefficient (Wildman–Crippen LogP) is 4.56. The molecule has 0 spiro atoms. The van der Waals surface area contributed by atoms with Gasteiger partial charge in [0.2, 0.25) is 0 Å². The first-order valence-electron chi connectivity index (χ1n) is 5.46. The number of rotatable bonds is 0. The zero-order chi connectivity index (χ0) is 10.3. The average molecular weight is 180 g/mol. The highest BCUT2D eigenvalue weighted by Crippen LogP contribution is 2.51. The van der Waals surface area contributed by atoms with E-state index in [2.05, 4.69) is 41.5 Å². The Bertz CT molecular complexity index is 206. The second kappa shape index (κ2) is 3.15. The van der Waals surface area contributed by atoms with Crippen molar-refractivity contribution in [2.24, 2.45) is 10.8 Å². The van der Waals surface area contributed by atoms with Crippen LogP contribution in [0.25, 0.3) is 0 Å². The van der Waals surface area contributed by atoms with Gasteiger partial charge in [-0.2, -0.15) is 0 Å². The molecule has 0 nitrogen and oxygen atoms in total. The number of hydrogen-bond acceptors (Lipinski definition) is 0. The summed E-state index contributed by atoms with van der Waals surface area (Å²) in [5.41, 5.74) is 4.10. The summed E-state index contributed by atoms with van der Waals surface area (Å²) in [7, 11) is 0. The van der Waals surface area contributed by atoms with Crippen molar-refractivity contribution >= 4 is 0 Å². The zero-order valence-corrected chi connectivity index (χ0v) is 10.1. The molecule has 0 aromatic carbocycles. The predicted molar refractivity (Wildman–Crippen MR) is 59.8 cm³/mol. The molecule has 0 bridgehead atoms. The van der Waals surface area contributed by atoms with Crippen molar-refractivity contribution in [3.05, 3.63) is 11.1 Å². The third kappa shape index (κ3) is 1.98. The first-order chi connectivity index (χ1) is 5.77. The van der Waals surface area contributed by atoms with Crippen molar-refractivity contribution in [2.75, 3.05) is 0 Å². The van der Waals surface area contributed by atoms with Gasteiger partial charge in [0.05, 0.1) is 0 Å². The van der Waals surface area contributed by atoms with Crippen LogP contribution in [-0.4, -0.2) is 0 Å². The summed E-state index contributed by atoms with van der Waals surface area (Å²) in [6.07, 6.45) is 4.10. The molecule has 1 saturated carbocycles. The summed E-state index contributed by atoms with van der Waals surface area (Å²) in [5, 5.41) is 0. The van der Waals surface area contributed by atoms with E-state index in [0.29, 0.717) is 10.8 Å². The second-order valence-electron chi connectivity index (χ2n) is 6.00. The van der Waals surface area contributed by atoms with Gasteiger partial charge in [-0.25, -0.2) is 0 Å². The molecule has 76 valence electrons. The SMILES string of the molecule is CC(C)=C1C(C)(C)CCCC1(C)C. The van der Waals surface area contributed by atoms with Gasteiger partial charge in [0.25, 0.3) is 0 Å². The lowest BCUT2D eigenvalue weighted by Crippen LogP contribution is -2.33. The number of allylic oxidation sites excluding steroid dienone is 2. The molecule has 0 amide bonds. The van der Waals surface area contributed by atoms with Gasteiger partial charge in [-0.3, -0.25) is 0 Å². The fourth-order valence-corrected chi connectivity index (χ4v) is 3.49. The molecule has 0 aromatic heterocycles. The Labute approximate surface area is 83.4 Å². The maximum Gasteiger partial charge on any atom is -0.0137 e. The van der Waals surface area contributed by atoms with Crippen LogP contribution in [0.1, 0.15) is 60.8 Å². The maximum absolute atomic E-state index is 2.40. The minimum absolute atomic E-state index is 0.431. The lowest BCUT2D eigenvalue weighted by Gasteiger charge is -2.45. The molecule has 0 N–H and O–H groups in total. The highest BCUT2D eigenvalue weighted by Gasteiger charge is 2.38. The second-order valence-corrected chi connectivity index (χ2v) is 6.00. The maximum atomic E-state index is 2.40. The Balaban J connectivity index is 3.14.